The van der Waals surface area contributed by atoms with E-state index in [1.54, 1.807) is 23.9 Å². The van der Waals surface area contributed by atoms with Crippen molar-refractivity contribution in [3.8, 4) is 0 Å². The van der Waals surface area contributed by atoms with E-state index in [-0.39, 0.29) is 11.7 Å². The molecule has 0 bridgehead atoms. The lowest BCUT2D eigenvalue weighted by Gasteiger charge is -2.11. The number of rotatable bonds is 6. The molecule has 2 aromatic carbocycles. The van der Waals surface area contributed by atoms with Crippen LogP contribution in [0.4, 0.5) is 4.39 Å². The molecule has 1 amide bonds. The highest BCUT2D eigenvalue weighted by molar-refractivity contribution is 8.00. The molecule has 0 aliphatic heterocycles. The van der Waals surface area contributed by atoms with Crippen molar-refractivity contribution in [1.29, 1.82) is 0 Å². The van der Waals surface area contributed by atoms with Crippen molar-refractivity contribution in [3.63, 3.8) is 0 Å². The molecule has 1 heterocycles. The van der Waals surface area contributed by atoms with Crippen molar-refractivity contribution in [3.05, 3.63) is 66.1 Å². The number of fused-ring (bicyclic) bond motifs is 1. The average Bonchev–Trinajstić information content (AvgIpc) is 3.29. The van der Waals surface area contributed by atoms with Crippen molar-refractivity contribution in [1.82, 2.24) is 9.88 Å². The average molecular weight is 383 g/mol. The van der Waals surface area contributed by atoms with E-state index in [9.17, 15) is 9.18 Å². The van der Waals surface area contributed by atoms with Gasteiger partial charge in [-0.1, -0.05) is 43.2 Å². The van der Waals surface area contributed by atoms with Crippen LogP contribution in [0.1, 0.15) is 31.2 Å². The topological polar surface area (TPSA) is 34.0 Å². The maximum absolute atomic E-state index is 13.5. The number of benzene rings is 2. The zero-order valence-corrected chi connectivity index (χ0v) is 16.0. The smallest absolute Gasteiger partial charge is 0.230 e. The first-order valence-electron chi connectivity index (χ1n) is 9.43. The molecule has 0 spiro atoms. The Bertz CT molecular complexity index is 946. The number of carbonyl (C=O) groups excluding carboxylic acids is 1. The Morgan fingerprint density at radius 1 is 1.15 bits per heavy atom. The van der Waals surface area contributed by atoms with E-state index in [0.29, 0.717) is 18.3 Å². The van der Waals surface area contributed by atoms with Crippen LogP contribution < -0.4 is 5.32 Å². The SMILES string of the molecule is O=C(CSc1cn(Cc2cccc(F)c2)c2ccccc12)NC1CCCC1. The second-order valence-electron chi connectivity index (χ2n) is 7.11. The first-order chi connectivity index (χ1) is 13.2. The van der Waals surface area contributed by atoms with Gasteiger partial charge in [0.2, 0.25) is 5.91 Å². The number of nitrogens with zero attached hydrogens (tertiary/aromatic N) is 1. The summed E-state index contributed by atoms with van der Waals surface area (Å²) in [5, 5.41) is 4.27. The Morgan fingerprint density at radius 3 is 2.78 bits per heavy atom. The van der Waals surface area contributed by atoms with E-state index in [1.165, 1.54) is 18.9 Å². The minimum atomic E-state index is -0.220. The van der Waals surface area contributed by atoms with Crippen LogP contribution in [0.5, 0.6) is 0 Å². The van der Waals surface area contributed by atoms with Gasteiger partial charge in [-0.25, -0.2) is 4.39 Å². The van der Waals surface area contributed by atoms with Gasteiger partial charge < -0.3 is 9.88 Å². The molecule has 0 saturated heterocycles. The lowest BCUT2D eigenvalue weighted by Crippen LogP contribution is -2.33. The van der Waals surface area contributed by atoms with Gasteiger partial charge in [0.25, 0.3) is 0 Å². The molecule has 27 heavy (non-hydrogen) atoms. The number of nitrogens with one attached hydrogen (secondary N) is 1. The molecule has 0 radical (unpaired) electrons. The largest absolute Gasteiger partial charge is 0.353 e. The summed E-state index contributed by atoms with van der Waals surface area (Å²) in [4.78, 5) is 13.3. The predicted molar refractivity (Wildman–Crippen MR) is 109 cm³/mol. The van der Waals surface area contributed by atoms with Gasteiger partial charge >= 0.3 is 0 Å². The molecule has 1 aliphatic rings. The Balaban J connectivity index is 1.50. The normalized spacial score (nSPS) is 14.7. The van der Waals surface area contributed by atoms with Crippen LogP contribution in [0.3, 0.4) is 0 Å². The lowest BCUT2D eigenvalue weighted by molar-refractivity contribution is -0.119. The fourth-order valence-corrected chi connectivity index (χ4v) is 4.67. The minimum Gasteiger partial charge on any atom is -0.353 e. The summed E-state index contributed by atoms with van der Waals surface area (Å²) in [5.74, 6) is 0.306. The predicted octanol–water partition coefficient (Wildman–Crippen LogP) is 4.98. The summed E-state index contributed by atoms with van der Waals surface area (Å²) < 4.78 is 15.6. The van der Waals surface area contributed by atoms with E-state index in [4.69, 9.17) is 0 Å². The maximum atomic E-state index is 13.5. The highest BCUT2D eigenvalue weighted by atomic mass is 32.2. The molecule has 1 fully saturated rings. The molecule has 1 aromatic heterocycles. The summed E-state index contributed by atoms with van der Waals surface area (Å²) in [6.07, 6.45) is 6.70. The first kappa shape index (κ1) is 18.1. The van der Waals surface area contributed by atoms with Crippen molar-refractivity contribution >= 4 is 28.6 Å². The molecule has 0 atom stereocenters. The summed E-state index contributed by atoms with van der Waals surface area (Å²) in [7, 11) is 0. The molecule has 1 N–H and O–H groups in total. The number of aromatic nitrogens is 1. The van der Waals surface area contributed by atoms with Crippen LogP contribution in [0.15, 0.2) is 59.6 Å². The number of amides is 1. The molecule has 0 unspecified atom stereocenters. The van der Waals surface area contributed by atoms with Crippen LogP contribution in [-0.4, -0.2) is 22.3 Å². The van der Waals surface area contributed by atoms with Gasteiger partial charge in [0.1, 0.15) is 5.82 Å². The number of carbonyl (C=O) groups is 1. The van der Waals surface area contributed by atoms with Crippen molar-refractivity contribution in [2.24, 2.45) is 0 Å². The fraction of sp³-hybridized carbons (Fsp3) is 0.318. The van der Waals surface area contributed by atoms with Crippen LogP contribution in [0, 0.1) is 5.82 Å². The minimum absolute atomic E-state index is 0.105. The Morgan fingerprint density at radius 2 is 1.96 bits per heavy atom. The number of thioether (sulfide) groups is 1. The number of para-hydroxylation sites is 1. The molecule has 4 rings (SSSR count). The molecule has 3 nitrogen and oxygen atoms in total. The molecule has 3 aromatic rings. The molecule has 1 saturated carbocycles. The molecular weight excluding hydrogens is 359 g/mol. The van der Waals surface area contributed by atoms with Crippen molar-refractivity contribution < 1.29 is 9.18 Å². The third-order valence-corrected chi connectivity index (χ3v) is 6.12. The summed E-state index contributed by atoms with van der Waals surface area (Å²) in [6, 6.07) is 15.2. The monoisotopic (exact) mass is 382 g/mol. The van der Waals surface area contributed by atoms with E-state index in [2.05, 4.69) is 28.2 Å². The van der Waals surface area contributed by atoms with E-state index >= 15 is 0 Å². The van der Waals surface area contributed by atoms with Gasteiger partial charge in [-0.3, -0.25) is 4.79 Å². The van der Waals surface area contributed by atoms with Crippen LogP contribution in [0.25, 0.3) is 10.9 Å². The van der Waals surface area contributed by atoms with Crippen LogP contribution in [-0.2, 0) is 11.3 Å². The molecule has 1 aliphatic carbocycles. The first-order valence-corrected chi connectivity index (χ1v) is 10.4. The Labute approximate surface area is 163 Å². The molecule has 140 valence electrons. The fourth-order valence-electron chi connectivity index (χ4n) is 3.77. The summed E-state index contributed by atoms with van der Waals surface area (Å²) >= 11 is 1.57. The number of halogens is 1. The van der Waals surface area contributed by atoms with Crippen molar-refractivity contribution in [2.45, 2.75) is 43.2 Å². The maximum Gasteiger partial charge on any atom is 0.230 e. The van der Waals surface area contributed by atoms with E-state index < -0.39 is 0 Å². The third-order valence-electron chi connectivity index (χ3n) is 5.07. The molecular formula is C22H23FN2OS. The van der Waals surface area contributed by atoms with Crippen LogP contribution >= 0.6 is 11.8 Å². The van der Waals surface area contributed by atoms with Gasteiger partial charge in [-0.15, -0.1) is 11.8 Å². The highest BCUT2D eigenvalue weighted by Gasteiger charge is 2.17. The summed E-state index contributed by atoms with van der Waals surface area (Å²) in [5.41, 5.74) is 2.02. The van der Waals surface area contributed by atoms with Gasteiger partial charge in [-0.2, -0.15) is 0 Å². The second-order valence-corrected chi connectivity index (χ2v) is 8.12. The lowest BCUT2D eigenvalue weighted by atomic mass is 10.2. The quantitative estimate of drug-likeness (QED) is 0.610. The zero-order valence-electron chi connectivity index (χ0n) is 15.2. The van der Waals surface area contributed by atoms with Gasteiger partial charge in [0.05, 0.1) is 5.75 Å². The Hall–Kier alpha value is -2.27. The van der Waals surface area contributed by atoms with Gasteiger partial charge in [-0.05, 0) is 36.6 Å². The number of hydrogen-bond donors (Lipinski definition) is 1. The van der Waals surface area contributed by atoms with Crippen LogP contribution in [0.2, 0.25) is 0 Å². The summed E-state index contributed by atoms with van der Waals surface area (Å²) in [6.45, 7) is 0.604. The Kier molecular flexibility index (Phi) is 5.48. The second kappa shape index (κ2) is 8.17. The van der Waals surface area contributed by atoms with E-state index in [1.807, 2.05) is 18.2 Å². The van der Waals surface area contributed by atoms with E-state index in [0.717, 1.165) is 34.2 Å². The molecule has 5 heteroatoms. The van der Waals surface area contributed by atoms with Gasteiger partial charge in [0, 0.05) is 34.6 Å². The van der Waals surface area contributed by atoms with Gasteiger partial charge in [0.15, 0.2) is 0 Å². The number of hydrogen-bond acceptors (Lipinski definition) is 2. The highest BCUT2D eigenvalue weighted by Crippen LogP contribution is 2.30. The standard InChI is InChI=1S/C22H23FN2OS/c23-17-7-5-6-16(12-17)13-25-14-21(19-10-3-4-11-20(19)25)27-15-22(26)24-18-8-1-2-9-18/h3-7,10-12,14,18H,1-2,8-9,13,15H2,(H,24,26). The zero-order chi connectivity index (χ0) is 18.6. The third kappa shape index (κ3) is 4.35. The van der Waals surface area contributed by atoms with Crippen molar-refractivity contribution in [2.75, 3.05) is 5.75 Å².